The Hall–Kier alpha value is -1.05. The molecule has 1 aromatic rings. The van der Waals surface area contributed by atoms with Crippen molar-refractivity contribution in [1.29, 1.82) is 0 Å². The van der Waals surface area contributed by atoms with Gasteiger partial charge in [-0.15, -0.1) is 0 Å². The summed E-state index contributed by atoms with van der Waals surface area (Å²) in [6.45, 7) is 5.06. The molecule has 0 aliphatic heterocycles. The van der Waals surface area contributed by atoms with Crippen LogP contribution < -0.4 is 4.74 Å². The van der Waals surface area contributed by atoms with Gasteiger partial charge in [0.15, 0.2) is 0 Å². The molecule has 0 spiro atoms. The van der Waals surface area contributed by atoms with E-state index in [4.69, 9.17) is 4.74 Å². The molecular formula is C13H19NO. The Labute approximate surface area is 91.7 Å². The molecule has 2 nitrogen and oxygen atoms in total. The Bertz CT molecular complexity index is 333. The highest BCUT2D eigenvalue weighted by molar-refractivity contribution is 5.27. The highest BCUT2D eigenvalue weighted by atomic mass is 16.5. The third kappa shape index (κ3) is 2.71. The maximum Gasteiger partial charge on any atom is 0.213 e. The van der Waals surface area contributed by atoms with Gasteiger partial charge in [-0.1, -0.05) is 19.9 Å². The number of nitrogens with zero attached hydrogens (tertiary/aromatic N) is 1. The van der Waals surface area contributed by atoms with E-state index in [2.05, 4.69) is 24.9 Å². The number of pyridine rings is 1. The van der Waals surface area contributed by atoms with Gasteiger partial charge >= 0.3 is 0 Å². The summed E-state index contributed by atoms with van der Waals surface area (Å²) in [6.07, 6.45) is 4.88. The molecule has 1 aliphatic carbocycles. The second kappa shape index (κ2) is 4.65. The second-order valence-corrected chi connectivity index (χ2v) is 4.67. The molecule has 0 amide bonds. The first-order valence-corrected chi connectivity index (χ1v) is 5.87. The SMILES string of the molecule is CC(C)COc1ccc2c(n1)CCCC2. The number of hydrogen-bond acceptors (Lipinski definition) is 2. The first kappa shape index (κ1) is 10.5. The first-order chi connectivity index (χ1) is 7.25. The minimum atomic E-state index is 0.558. The van der Waals surface area contributed by atoms with Crippen molar-refractivity contribution >= 4 is 0 Å². The van der Waals surface area contributed by atoms with Crippen LogP contribution in [0.4, 0.5) is 0 Å². The van der Waals surface area contributed by atoms with Gasteiger partial charge in [0, 0.05) is 11.8 Å². The van der Waals surface area contributed by atoms with E-state index in [9.17, 15) is 0 Å². The number of ether oxygens (including phenoxy) is 1. The molecule has 0 aromatic carbocycles. The smallest absolute Gasteiger partial charge is 0.213 e. The van der Waals surface area contributed by atoms with Gasteiger partial charge < -0.3 is 4.74 Å². The van der Waals surface area contributed by atoms with E-state index < -0.39 is 0 Å². The molecule has 1 aromatic heterocycles. The molecule has 0 saturated carbocycles. The van der Waals surface area contributed by atoms with Gasteiger partial charge in [0.25, 0.3) is 0 Å². The van der Waals surface area contributed by atoms with Crippen molar-refractivity contribution in [3.05, 3.63) is 23.4 Å². The third-order valence-electron chi connectivity index (χ3n) is 2.72. The average Bonchev–Trinajstić information content (AvgIpc) is 2.26. The van der Waals surface area contributed by atoms with Gasteiger partial charge in [0.05, 0.1) is 6.61 Å². The molecule has 0 fully saturated rings. The Morgan fingerprint density at radius 2 is 2.07 bits per heavy atom. The molecule has 0 atom stereocenters. The van der Waals surface area contributed by atoms with Crippen LogP contribution >= 0.6 is 0 Å². The second-order valence-electron chi connectivity index (χ2n) is 4.67. The van der Waals surface area contributed by atoms with Crippen LogP contribution in [-0.4, -0.2) is 11.6 Å². The van der Waals surface area contributed by atoms with Crippen LogP contribution in [0.5, 0.6) is 5.88 Å². The van der Waals surface area contributed by atoms with E-state index >= 15 is 0 Å². The fraction of sp³-hybridized carbons (Fsp3) is 0.615. The summed E-state index contributed by atoms with van der Waals surface area (Å²) in [7, 11) is 0. The summed E-state index contributed by atoms with van der Waals surface area (Å²) in [5.41, 5.74) is 2.67. The maximum absolute atomic E-state index is 5.62. The molecule has 0 bridgehead atoms. The lowest BCUT2D eigenvalue weighted by atomic mass is 9.96. The topological polar surface area (TPSA) is 22.1 Å². The summed E-state index contributed by atoms with van der Waals surface area (Å²) in [5.74, 6) is 1.35. The third-order valence-corrected chi connectivity index (χ3v) is 2.72. The van der Waals surface area contributed by atoms with Gasteiger partial charge in [-0.25, -0.2) is 4.98 Å². The van der Waals surface area contributed by atoms with Crippen LogP contribution in [0.3, 0.4) is 0 Å². The summed E-state index contributed by atoms with van der Waals surface area (Å²) in [5, 5.41) is 0. The van der Waals surface area contributed by atoms with Crippen molar-refractivity contribution in [2.75, 3.05) is 6.61 Å². The largest absolute Gasteiger partial charge is 0.477 e. The van der Waals surface area contributed by atoms with Gasteiger partial charge in [0.1, 0.15) is 0 Å². The first-order valence-electron chi connectivity index (χ1n) is 5.87. The molecule has 0 N–H and O–H groups in total. The molecule has 15 heavy (non-hydrogen) atoms. The summed E-state index contributed by atoms with van der Waals surface area (Å²) >= 11 is 0. The molecule has 82 valence electrons. The highest BCUT2D eigenvalue weighted by Gasteiger charge is 2.11. The van der Waals surface area contributed by atoms with Crippen molar-refractivity contribution < 1.29 is 4.74 Å². The van der Waals surface area contributed by atoms with Gasteiger partial charge in [-0.3, -0.25) is 0 Å². The van der Waals surface area contributed by atoms with Crippen molar-refractivity contribution in [2.24, 2.45) is 5.92 Å². The van der Waals surface area contributed by atoms with Crippen LogP contribution in [0.15, 0.2) is 12.1 Å². The summed E-state index contributed by atoms with van der Waals surface area (Å²) < 4.78 is 5.62. The fourth-order valence-electron chi connectivity index (χ4n) is 1.89. The zero-order chi connectivity index (χ0) is 10.7. The quantitative estimate of drug-likeness (QED) is 0.756. The van der Waals surface area contributed by atoms with Crippen LogP contribution in [0.2, 0.25) is 0 Å². The van der Waals surface area contributed by atoms with E-state index in [1.807, 2.05) is 6.07 Å². The Balaban J connectivity index is 2.07. The lowest BCUT2D eigenvalue weighted by molar-refractivity contribution is 0.260. The molecule has 1 aliphatic rings. The standard InChI is InChI=1S/C13H19NO/c1-10(2)9-15-13-8-7-11-5-3-4-6-12(11)14-13/h7-8,10H,3-6,9H2,1-2H3. The van der Waals surface area contributed by atoms with E-state index in [1.165, 1.54) is 30.5 Å². The monoisotopic (exact) mass is 205 g/mol. The summed E-state index contributed by atoms with van der Waals surface area (Å²) in [6, 6.07) is 4.18. The number of rotatable bonds is 3. The Morgan fingerprint density at radius 1 is 1.27 bits per heavy atom. The highest BCUT2D eigenvalue weighted by Crippen LogP contribution is 2.22. The predicted molar refractivity (Wildman–Crippen MR) is 61.2 cm³/mol. The number of aromatic nitrogens is 1. The molecule has 0 radical (unpaired) electrons. The van der Waals surface area contributed by atoms with Crippen LogP contribution in [0, 0.1) is 5.92 Å². The van der Waals surface area contributed by atoms with Crippen LogP contribution in [0.25, 0.3) is 0 Å². The van der Waals surface area contributed by atoms with E-state index in [-0.39, 0.29) is 0 Å². The summed E-state index contributed by atoms with van der Waals surface area (Å²) in [4.78, 5) is 4.56. The minimum absolute atomic E-state index is 0.558. The van der Waals surface area contributed by atoms with Crippen molar-refractivity contribution in [3.63, 3.8) is 0 Å². The molecule has 1 heterocycles. The fourth-order valence-corrected chi connectivity index (χ4v) is 1.89. The number of aryl methyl sites for hydroxylation is 2. The predicted octanol–water partition coefficient (Wildman–Crippen LogP) is 3.00. The lowest BCUT2D eigenvalue weighted by Crippen LogP contribution is -2.09. The van der Waals surface area contributed by atoms with Crippen molar-refractivity contribution in [2.45, 2.75) is 39.5 Å². The van der Waals surface area contributed by atoms with Gasteiger partial charge in [-0.2, -0.15) is 0 Å². The molecule has 0 saturated heterocycles. The minimum Gasteiger partial charge on any atom is -0.477 e. The number of hydrogen-bond donors (Lipinski definition) is 0. The lowest BCUT2D eigenvalue weighted by Gasteiger charge is -2.16. The van der Waals surface area contributed by atoms with E-state index in [0.29, 0.717) is 5.92 Å². The molecular weight excluding hydrogens is 186 g/mol. The van der Waals surface area contributed by atoms with Crippen molar-refractivity contribution in [3.8, 4) is 5.88 Å². The molecule has 2 heteroatoms. The number of fused-ring (bicyclic) bond motifs is 1. The van der Waals surface area contributed by atoms with E-state index in [1.54, 1.807) is 0 Å². The Kier molecular flexibility index (Phi) is 3.24. The zero-order valence-corrected chi connectivity index (χ0v) is 9.62. The van der Waals surface area contributed by atoms with Gasteiger partial charge in [-0.05, 0) is 37.2 Å². The molecule has 2 rings (SSSR count). The van der Waals surface area contributed by atoms with Gasteiger partial charge in [0.2, 0.25) is 5.88 Å². The maximum atomic E-state index is 5.62. The molecule has 0 unspecified atom stereocenters. The normalized spacial score (nSPS) is 15.1. The zero-order valence-electron chi connectivity index (χ0n) is 9.62. The Morgan fingerprint density at radius 3 is 2.87 bits per heavy atom. The van der Waals surface area contributed by atoms with E-state index in [0.717, 1.165) is 18.9 Å². The van der Waals surface area contributed by atoms with Crippen molar-refractivity contribution in [1.82, 2.24) is 4.98 Å². The van der Waals surface area contributed by atoms with Crippen LogP contribution in [-0.2, 0) is 12.8 Å². The van der Waals surface area contributed by atoms with Crippen LogP contribution in [0.1, 0.15) is 37.9 Å². The average molecular weight is 205 g/mol.